The second-order valence-electron chi connectivity index (χ2n) is 5.17. The quantitative estimate of drug-likeness (QED) is 0.410. The van der Waals surface area contributed by atoms with Crippen molar-refractivity contribution in [3.63, 3.8) is 0 Å². The van der Waals surface area contributed by atoms with Crippen LogP contribution in [0.3, 0.4) is 0 Å². The third-order valence-electron chi connectivity index (χ3n) is 3.60. The summed E-state index contributed by atoms with van der Waals surface area (Å²) in [7, 11) is 1.67. The molecule has 1 aromatic heterocycles. The smallest absolute Gasteiger partial charge is 0.378 e. The van der Waals surface area contributed by atoms with E-state index in [0.29, 0.717) is 17.6 Å². The first-order chi connectivity index (χ1) is 10.9. The molecule has 1 aliphatic rings. The van der Waals surface area contributed by atoms with Crippen molar-refractivity contribution < 1.29 is 17.9 Å². The maximum absolute atomic E-state index is 12.5. The van der Waals surface area contributed by atoms with Gasteiger partial charge in [0.2, 0.25) is 0 Å². The van der Waals surface area contributed by atoms with E-state index >= 15 is 0 Å². The predicted molar refractivity (Wildman–Crippen MR) is 99.0 cm³/mol. The molecule has 0 aliphatic carbocycles. The van der Waals surface area contributed by atoms with Crippen molar-refractivity contribution in [1.82, 2.24) is 15.2 Å². The standard InChI is InChI=1S/C14H21F3N4OS.HI/c1-3-22-10-4-6-21(7-5-10)13(18-2)19-8-12-20-11(9-23-12)14(15,16)17;/h9-10H,3-8H2,1-2H3,(H,18,19);1H. The molecule has 1 aromatic rings. The van der Waals surface area contributed by atoms with Crippen molar-refractivity contribution in [2.24, 2.45) is 4.99 Å². The normalized spacial score (nSPS) is 16.9. The number of guanidine groups is 1. The van der Waals surface area contributed by atoms with Crippen LogP contribution in [0.1, 0.15) is 30.5 Å². The van der Waals surface area contributed by atoms with Crippen LogP contribution in [0.25, 0.3) is 0 Å². The minimum absolute atomic E-state index is 0. The molecule has 138 valence electrons. The van der Waals surface area contributed by atoms with Gasteiger partial charge < -0.3 is 15.0 Å². The van der Waals surface area contributed by atoms with Gasteiger partial charge in [-0.3, -0.25) is 4.99 Å². The molecular weight excluding hydrogens is 456 g/mol. The Bertz CT molecular complexity index is 530. The first kappa shape index (κ1) is 21.4. The summed E-state index contributed by atoms with van der Waals surface area (Å²) in [4.78, 5) is 9.90. The molecule has 0 amide bonds. The van der Waals surface area contributed by atoms with Gasteiger partial charge >= 0.3 is 6.18 Å². The van der Waals surface area contributed by atoms with Gasteiger partial charge in [0.15, 0.2) is 11.7 Å². The van der Waals surface area contributed by atoms with E-state index in [1.54, 1.807) is 7.05 Å². The molecule has 24 heavy (non-hydrogen) atoms. The van der Waals surface area contributed by atoms with Crippen molar-refractivity contribution >= 4 is 41.3 Å². The average Bonchev–Trinajstić information content (AvgIpc) is 2.99. The van der Waals surface area contributed by atoms with Gasteiger partial charge in [0, 0.05) is 32.1 Å². The highest BCUT2D eigenvalue weighted by Gasteiger charge is 2.33. The Morgan fingerprint density at radius 3 is 2.62 bits per heavy atom. The lowest BCUT2D eigenvalue weighted by molar-refractivity contribution is -0.140. The Balaban J connectivity index is 0.00000288. The fraction of sp³-hybridized carbons (Fsp3) is 0.714. The highest BCUT2D eigenvalue weighted by molar-refractivity contribution is 14.0. The number of aliphatic imine (C=N–C) groups is 1. The number of thiazole rings is 1. The number of halogens is 4. The number of alkyl halides is 3. The average molecular weight is 478 g/mol. The van der Waals surface area contributed by atoms with E-state index in [9.17, 15) is 13.2 Å². The lowest BCUT2D eigenvalue weighted by Gasteiger charge is -2.33. The molecule has 0 saturated carbocycles. The highest BCUT2D eigenvalue weighted by Crippen LogP contribution is 2.29. The summed E-state index contributed by atoms with van der Waals surface area (Å²) < 4.78 is 43.2. The second-order valence-corrected chi connectivity index (χ2v) is 6.11. The van der Waals surface area contributed by atoms with Crippen LogP contribution < -0.4 is 5.32 Å². The lowest BCUT2D eigenvalue weighted by Crippen LogP contribution is -2.46. The lowest BCUT2D eigenvalue weighted by atomic mass is 10.1. The summed E-state index contributed by atoms with van der Waals surface area (Å²) in [6, 6.07) is 0. The van der Waals surface area contributed by atoms with E-state index < -0.39 is 11.9 Å². The van der Waals surface area contributed by atoms with E-state index in [4.69, 9.17) is 4.74 Å². The molecule has 1 aliphatic heterocycles. The largest absolute Gasteiger partial charge is 0.434 e. The van der Waals surface area contributed by atoms with Gasteiger partial charge in [0.05, 0.1) is 12.6 Å². The first-order valence-corrected chi connectivity index (χ1v) is 8.40. The van der Waals surface area contributed by atoms with Crippen LogP contribution in [-0.4, -0.2) is 48.7 Å². The molecule has 0 radical (unpaired) electrons. The molecule has 2 rings (SSSR count). The van der Waals surface area contributed by atoms with Gasteiger partial charge in [-0.15, -0.1) is 35.3 Å². The highest BCUT2D eigenvalue weighted by atomic mass is 127. The molecule has 0 unspecified atom stereocenters. The van der Waals surface area contributed by atoms with Crippen molar-refractivity contribution in [1.29, 1.82) is 0 Å². The molecule has 0 aromatic carbocycles. The third kappa shape index (κ3) is 6.03. The van der Waals surface area contributed by atoms with Gasteiger partial charge in [-0.05, 0) is 19.8 Å². The number of nitrogens with one attached hydrogen (secondary N) is 1. The fourth-order valence-electron chi connectivity index (χ4n) is 2.48. The van der Waals surface area contributed by atoms with E-state index in [2.05, 4.69) is 20.2 Å². The topological polar surface area (TPSA) is 49.8 Å². The Labute approximate surface area is 160 Å². The Kier molecular flexibility index (Phi) is 8.71. The van der Waals surface area contributed by atoms with Crippen LogP contribution in [0.15, 0.2) is 10.4 Å². The zero-order valence-corrected chi connectivity index (χ0v) is 16.7. The van der Waals surface area contributed by atoms with Crippen LogP contribution in [0.4, 0.5) is 13.2 Å². The molecule has 5 nitrogen and oxygen atoms in total. The van der Waals surface area contributed by atoms with E-state index in [-0.39, 0.29) is 36.6 Å². The molecule has 0 bridgehead atoms. The van der Waals surface area contributed by atoms with Gasteiger partial charge in [0.25, 0.3) is 0 Å². The van der Waals surface area contributed by atoms with E-state index in [0.717, 1.165) is 42.6 Å². The predicted octanol–water partition coefficient (Wildman–Crippen LogP) is 3.36. The molecule has 1 saturated heterocycles. The number of ether oxygens (including phenoxy) is 1. The molecular formula is C14H22F3IN4OS. The van der Waals surface area contributed by atoms with Crippen molar-refractivity contribution in [3.8, 4) is 0 Å². The molecule has 0 spiro atoms. The van der Waals surface area contributed by atoms with Crippen LogP contribution in [0, 0.1) is 0 Å². The van der Waals surface area contributed by atoms with Crippen molar-refractivity contribution in [2.45, 2.75) is 38.6 Å². The summed E-state index contributed by atoms with van der Waals surface area (Å²) in [5.41, 5.74) is -0.841. The summed E-state index contributed by atoms with van der Waals surface area (Å²) in [5, 5.41) is 4.51. The number of piperidine rings is 1. The first-order valence-electron chi connectivity index (χ1n) is 7.52. The number of likely N-dealkylation sites (tertiary alicyclic amines) is 1. The maximum Gasteiger partial charge on any atom is 0.434 e. The summed E-state index contributed by atoms with van der Waals surface area (Å²) in [6.07, 6.45) is -2.27. The number of hydrogen-bond acceptors (Lipinski definition) is 4. The third-order valence-corrected chi connectivity index (χ3v) is 4.44. The number of rotatable bonds is 4. The van der Waals surface area contributed by atoms with Gasteiger partial charge in [-0.2, -0.15) is 13.2 Å². The van der Waals surface area contributed by atoms with Crippen molar-refractivity contribution in [3.05, 3.63) is 16.1 Å². The number of aromatic nitrogens is 1. The maximum atomic E-state index is 12.5. The number of nitrogens with zero attached hydrogens (tertiary/aromatic N) is 3. The minimum Gasteiger partial charge on any atom is -0.378 e. The minimum atomic E-state index is -4.39. The van der Waals surface area contributed by atoms with Gasteiger partial charge in [0.1, 0.15) is 5.01 Å². The zero-order valence-electron chi connectivity index (χ0n) is 13.6. The molecule has 10 heteroatoms. The van der Waals surface area contributed by atoms with Crippen LogP contribution in [-0.2, 0) is 17.5 Å². The molecule has 0 atom stereocenters. The van der Waals surface area contributed by atoms with Crippen LogP contribution >= 0.6 is 35.3 Å². The summed E-state index contributed by atoms with van der Waals surface area (Å²) in [6.45, 7) is 4.56. The number of hydrogen-bond donors (Lipinski definition) is 1. The van der Waals surface area contributed by atoms with Crippen molar-refractivity contribution in [2.75, 3.05) is 26.7 Å². The fourth-order valence-corrected chi connectivity index (χ4v) is 3.22. The zero-order chi connectivity index (χ0) is 16.9. The Morgan fingerprint density at radius 1 is 1.46 bits per heavy atom. The van der Waals surface area contributed by atoms with E-state index in [1.807, 2.05) is 6.92 Å². The monoisotopic (exact) mass is 478 g/mol. The SMILES string of the molecule is CCOC1CCN(C(=NC)NCc2nc(C(F)(F)F)cs2)CC1.I. The molecule has 2 heterocycles. The Hall–Kier alpha value is -0.620. The van der Waals surface area contributed by atoms with Gasteiger partial charge in [-0.25, -0.2) is 4.98 Å². The van der Waals surface area contributed by atoms with Crippen LogP contribution in [0.2, 0.25) is 0 Å². The molecule has 1 N–H and O–H groups in total. The summed E-state index contributed by atoms with van der Waals surface area (Å²) >= 11 is 0.995. The molecule has 1 fully saturated rings. The van der Waals surface area contributed by atoms with Gasteiger partial charge in [-0.1, -0.05) is 0 Å². The summed E-state index contributed by atoms with van der Waals surface area (Å²) in [5.74, 6) is 0.684. The second kappa shape index (κ2) is 9.76. The van der Waals surface area contributed by atoms with Crippen LogP contribution in [0.5, 0.6) is 0 Å². The van der Waals surface area contributed by atoms with E-state index in [1.165, 1.54) is 0 Å². The Morgan fingerprint density at radius 2 is 2.12 bits per heavy atom.